The van der Waals surface area contributed by atoms with Crippen LogP contribution in [0.4, 0.5) is 0 Å². The Morgan fingerprint density at radius 1 is 1.29 bits per heavy atom. The molecular formula is C14H23N3. The van der Waals surface area contributed by atoms with Gasteiger partial charge in [0.1, 0.15) is 0 Å². The third kappa shape index (κ3) is 3.53. The Bertz CT molecular complexity index is 345. The number of nitrogens with one attached hydrogen (secondary N) is 1. The van der Waals surface area contributed by atoms with Gasteiger partial charge in [0.25, 0.3) is 0 Å². The summed E-state index contributed by atoms with van der Waals surface area (Å²) < 4.78 is 0. The van der Waals surface area contributed by atoms with E-state index in [1.807, 2.05) is 0 Å². The molecule has 0 saturated carbocycles. The molecule has 3 N–H and O–H groups in total. The van der Waals surface area contributed by atoms with E-state index in [9.17, 15) is 0 Å². The molecule has 0 aromatic heterocycles. The van der Waals surface area contributed by atoms with Crippen molar-refractivity contribution in [1.29, 1.82) is 0 Å². The third-order valence-corrected chi connectivity index (χ3v) is 3.53. The molecule has 0 bridgehead atoms. The van der Waals surface area contributed by atoms with Gasteiger partial charge in [-0.25, -0.2) is 0 Å². The lowest BCUT2D eigenvalue weighted by Gasteiger charge is -2.33. The van der Waals surface area contributed by atoms with Crippen LogP contribution in [0.3, 0.4) is 0 Å². The van der Waals surface area contributed by atoms with Crippen molar-refractivity contribution < 1.29 is 0 Å². The molecule has 1 heterocycles. The maximum Gasteiger partial charge on any atom is 0.0178 e. The Morgan fingerprint density at radius 3 is 2.71 bits per heavy atom. The van der Waals surface area contributed by atoms with E-state index in [-0.39, 0.29) is 0 Å². The summed E-state index contributed by atoms with van der Waals surface area (Å²) >= 11 is 0. The van der Waals surface area contributed by atoms with Gasteiger partial charge in [-0.2, -0.15) is 0 Å². The van der Waals surface area contributed by atoms with Crippen molar-refractivity contribution >= 4 is 0 Å². The first-order chi connectivity index (χ1) is 8.29. The van der Waals surface area contributed by atoms with Gasteiger partial charge in [-0.1, -0.05) is 24.3 Å². The Kier molecular flexibility index (Phi) is 4.54. The monoisotopic (exact) mass is 233 g/mol. The minimum atomic E-state index is 0.616. The molecule has 1 aliphatic rings. The van der Waals surface area contributed by atoms with Gasteiger partial charge in [-0.05, 0) is 24.5 Å². The molecule has 1 aromatic rings. The Balaban J connectivity index is 1.94. The zero-order valence-electron chi connectivity index (χ0n) is 10.7. The second-order valence-corrected chi connectivity index (χ2v) is 4.86. The Morgan fingerprint density at radius 2 is 2.00 bits per heavy atom. The largest absolute Gasteiger partial charge is 0.326 e. The van der Waals surface area contributed by atoms with Crippen LogP contribution in [0.15, 0.2) is 24.3 Å². The molecule has 1 saturated heterocycles. The molecule has 3 nitrogen and oxygen atoms in total. The van der Waals surface area contributed by atoms with Crippen molar-refractivity contribution in [1.82, 2.24) is 10.2 Å². The van der Waals surface area contributed by atoms with E-state index in [1.54, 1.807) is 0 Å². The lowest BCUT2D eigenvalue weighted by Crippen LogP contribution is -2.48. The summed E-state index contributed by atoms with van der Waals surface area (Å²) in [5.74, 6) is 0. The summed E-state index contributed by atoms with van der Waals surface area (Å²) in [5.41, 5.74) is 8.31. The SMILES string of the molecule is CC(Cc1cccc(CN)c1)N1CCNCC1. The highest BCUT2D eigenvalue weighted by atomic mass is 15.2. The minimum Gasteiger partial charge on any atom is -0.326 e. The summed E-state index contributed by atoms with van der Waals surface area (Å²) in [7, 11) is 0. The zero-order valence-corrected chi connectivity index (χ0v) is 10.7. The van der Waals surface area contributed by atoms with E-state index >= 15 is 0 Å². The van der Waals surface area contributed by atoms with Crippen LogP contribution in [0.5, 0.6) is 0 Å². The number of piperazine rings is 1. The van der Waals surface area contributed by atoms with Gasteiger partial charge in [0.15, 0.2) is 0 Å². The second-order valence-electron chi connectivity index (χ2n) is 4.86. The molecule has 0 spiro atoms. The quantitative estimate of drug-likeness (QED) is 0.814. The summed E-state index contributed by atoms with van der Waals surface area (Å²) in [6, 6.07) is 9.27. The second kappa shape index (κ2) is 6.15. The average molecular weight is 233 g/mol. The summed E-state index contributed by atoms with van der Waals surface area (Å²) in [4.78, 5) is 2.56. The Labute approximate surface area is 104 Å². The summed E-state index contributed by atoms with van der Waals surface area (Å²) in [6.45, 7) is 7.52. The molecule has 0 radical (unpaired) electrons. The fourth-order valence-corrected chi connectivity index (χ4v) is 2.48. The fourth-order valence-electron chi connectivity index (χ4n) is 2.48. The van der Waals surface area contributed by atoms with E-state index < -0.39 is 0 Å². The topological polar surface area (TPSA) is 41.3 Å². The number of hydrogen-bond acceptors (Lipinski definition) is 3. The molecule has 1 atom stereocenters. The highest BCUT2D eigenvalue weighted by molar-refractivity contribution is 5.24. The normalized spacial score (nSPS) is 19.2. The molecule has 94 valence electrons. The number of rotatable bonds is 4. The van der Waals surface area contributed by atoms with Crippen molar-refractivity contribution in [3.05, 3.63) is 35.4 Å². The smallest absolute Gasteiger partial charge is 0.0178 e. The van der Waals surface area contributed by atoms with Gasteiger partial charge in [0, 0.05) is 38.8 Å². The third-order valence-electron chi connectivity index (χ3n) is 3.53. The maximum atomic E-state index is 5.67. The van der Waals surface area contributed by atoms with Crippen LogP contribution >= 0.6 is 0 Å². The van der Waals surface area contributed by atoms with Crippen LogP contribution in [-0.4, -0.2) is 37.1 Å². The molecule has 1 aliphatic heterocycles. The first kappa shape index (κ1) is 12.6. The van der Waals surface area contributed by atoms with Gasteiger partial charge in [-0.15, -0.1) is 0 Å². The van der Waals surface area contributed by atoms with Crippen LogP contribution in [0.25, 0.3) is 0 Å². The van der Waals surface area contributed by atoms with Gasteiger partial charge >= 0.3 is 0 Å². The van der Waals surface area contributed by atoms with Crippen molar-refractivity contribution in [3.63, 3.8) is 0 Å². The summed E-state index contributed by atoms with van der Waals surface area (Å²) in [5, 5.41) is 3.39. The van der Waals surface area contributed by atoms with E-state index in [2.05, 4.69) is 41.4 Å². The molecule has 2 rings (SSSR count). The lowest BCUT2D eigenvalue weighted by molar-refractivity contribution is 0.183. The zero-order chi connectivity index (χ0) is 12.1. The van der Waals surface area contributed by atoms with Crippen molar-refractivity contribution in [2.24, 2.45) is 5.73 Å². The molecular weight excluding hydrogens is 210 g/mol. The van der Waals surface area contributed by atoms with Gasteiger partial charge in [0.05, 0.1) is 0 Å². The van der Waals surface area contributed by atoms with Crippen LogP contribution in [0.1, 0.15) is 18.1 Å². The van der Waals surface area contributed by atoms with Crippen LogP contribution in [0, 0.1) is 0 Å². The number of benzene rings is 1. The number of nitrogens with zero attached hydrogens (tertiary/aromatic N) is 1. The summed E-state index contributed by atoms with van der Waals surface area (Å²) in [6.07, 6.45) is 1.12. The molecule has 3 heteroatoms. The van der Waals surface area contributed by atoms with E-state index in [4.69, 9.17) is 5.73 Å². The van der Waals surface area contributed by atoms with Crippen LogP contribution < -0.4 is 11.1 Å². The predicted molar refractivity (Wildman–Crippen MR) is 71.9 cm³/mol. The number of hydrogen-bond donors (Lipinski definition) is 2. The van der Waals surface area contributed by atoms with Crippen molar-refractivity contribution in [3.8, 4) is 0 Å². The van der Waals surface area contributed by atoms with E-state index in [0.29, 0.717) is 12.6 Å². The minimum absolute atomic E-state index is 0.616. The molecule has 1 aromatic carbocycles. The first-order valence-corrected chi connectivity index (χ1v) is 6.52. The first-order valence-electron chi connectivity index (χ1n) is 6.52. The highest BCUT2D eigenvalue weighted by Crippen LogP contribution is 2.11. The molecule has 1 unspecified atom stereocenters. The van der Waals surface area contributed by atoms with Gasteiger partial charge in [-0.3, -0.25) is 4.90 Å². The van der Waals surface area contributed by atoms with Crippen molar-refractivity contribution in [2.75, 3.05) is 26.2 Å². The van der Waals surface area contributed by atoms with Gasteiger partial charge in [0.2, 0.25) is 0 Å². The average Bonchev–Trinajstić information content (AvgIpc) is 2.40. The van der Waals surface area contributed by atoms with Gasteiger partial charge < -0.3 is 11.1 Å². The molecule has 0 aliphatic carbocycles. The van der Waals surface area contributed by atoms with Crippen LogP contribution in [-0.2, 0) is 13.0 Å². The number of nitrogens with two attached hydrogens (primary N) is 1. The predicted octanol–water partition coefficient (Wildman–Crippen LogP) is 0.982. The standard InChI is InChI=1S/C14H23N3/c1-12(17-7-5-16-6-8-17)9-13-3-2-4-14(10-13)11-15/h2-4,10,12,16H,5-9,11,15H2,1H3. The highest BCUT2D eigenvalue weighted by Gasteiger charge is 2.16. The fraction of sp³-hybridized carbons (Fsp3) is 0.571. The maximum absolute atomic E-state index is 5.67. The molecule has 1 fully saturated rings. The van der Waals surface area contributed by atoms with Crippen LogP contribution in [0.2, 0.25) is 0 Å². The molecule has 17 heavy (non-hydrogen) atoms. The molecule has 0 amide bonds. The lowest BCUT2D eigenvalue weighted by atomic mass is 10.0. The van der Waals surface area contributed by atoms with E-state index in [0.717, 1.165) is 32.6 Å². The Hall–Kier alpha value is -0.900. The van der Waals surface area contributed by atoms with E-state index in [1.165, 1.54) is 11.1 Å². The van der Waals surface area contributed by atoms with Crippen molar-refractivity contribution in [2.45, 2.75) is 25.9 Å².